The number of hydrogen-bond acceptors (Lipinski definition) is 7. The van der Waals surface area contributed by atoms with Crippen LogP contribution in [-0.4, -0.2) is 100 Å². The number of aromatic amines is 1. The van der Waals surface area contributed by atoms with E-state index >= 15 is 0 Å². The van der Waals surface area contributed by atoms with Gasteiger partial charge >= 0.3 is 19.2 Å². The van der Waals surface area contributed by atoms with Gasteiger partial charge < -0.3 is 46.1 Å². The first kappa shape index (κ1) is 34.7. The first-order valence-corrected chi connectivity index (χ1v) is 16.0. The molecule has 1 fully saturated rings. The van der Waals surface area contributed by atoms with Gasteiger partial charge in [-0.2, -0.15) is 0 Å². The molecule has 1 aliphatic heterocycles. The molecular formula is C34H38BN7O7. The van der Waals surface area contributed by atoms with E-state index in [-0.39, 0.29) is 29.5 Å². The molecule has 0 aliphatic carbocycles. The van der Waals surface area contributed by atoms with Crippen LogP contribution in [0, 0.1) is 0 Å². The van der Waals surface area contributed by atoms with Gasteiger partial charge in [0, 0.05) is 61.6 Å². The molecule has 49 heavy (non-hydrogen) atoms. The van der Waals surface area contributed by atoms with Crippen molar-refractivity contribution in [1.29, 1.82) is 0 Å². The Kier molecular flexibility index (Phi) is 11.3. The van der Waals surface area contributed by atoms with Crippen LogP contribution in [0.5, 0.6) is 0 Å². The van der Waals surface area contributed by atoms with E-state index in [1.165, 1.54) is 23.2 Å². The molecule has 1 aliphatic rings. The van der Waals surface area contributed by atoms with Crippen LogP contribution in [0.15, 0.2) is 79.0 Å². The lowest BCUT2D eigenvalue weighted by atomic mass is 9.80. The van der Waals surface area contributed by atoms with Crippen LogP contribution in [0.4, 0.5) is 21.0 Å². The third kappa shape index (κ3) is 8.63. The van der Waals surface area contributed by atoms with Gasteiger partial charge in [-0.15, -0.1) is 0 Å². The monoisotopic (exact) mass is 667 g/mol. The molecule has 0 unspecified atom stereocenters. The molecule has 15 heteroatoms. The average Bonchev–Trinajstić information content (AvgIpc) is 3.54. The quantitative estimate of drug-likeness (QED) is 0.0551. The number of para-hydroxylation sites is 1. The number of hydrogen-bond donors (Lipinski definition) is 7. The number of rotatable bonds is 11. The molecule has 14 nitrogen and oxygen atoms in total. The molecule has 6 amide bonds. The van der Waals surface area contributed by atoms with Gasteiger partial charge in [0.2, 0.25) is 0 Å². The van der Waals surface area contributed by atoms with Gasteiger partial charge in [-0.05, 0) is 55.6 Å². The van der Waals surface area contributed by atoms with Gasteiger partial charge in [-0.25, -0.2) is 9.59 Å². The van der Waals surface area contributed by atoms with Crippen LogP contribution in [0.25, 0.3) is 10.9 Å². The summed E-state index contributed by atoms with van der Waals surface area (Å²) in [6, 6.07) is 18.9. The Balaban J connectivity index is 1.07. The second kappa shape index (κ2) is 16.0. The molecule has 1 atom stereocenters. The zero-order chi connectivity index (χ0) is 34.9. The molecule has 0 radical (unpaired) electrons. The SMILES string of the molecule is C[C@@H]1CN(C(=O)c2ccccc2)CCN1C(=O)C(=O)c1c[nH]c2c(NC(=O)NCCCCNC(=O)Nc3cccc(B(O)O)c3)cccc12. The largest absolute Gasteiger partial charge is 0.488 e. The molecule has 0 bridgehead atoms. The zero-order valence-corrected chi connectivity index (χ0v) is 26.9. The number of fused-ring (bicyclic) bond motifs is 1. The van der Waals surface area contributed by atoms with E-state index in [1.807, 2.05) is 13.0 Å². The third-order valence-electron chi connectivity index (χ3n) is 8.22. The maximum atomic E-state index is 13.4. The van der Waals surface area contributed by atoms with Crippen molar-refractivity contribution in [2.75, 3.05) is 43.4 Å². The molecule has 2 heterocycles. The maximum Gasteiger partial charge on any atom is 0.488 e. The highest BCUT2D eigenvalue weighted by molar-refractivity contribution is 6.58. The van der Waals surface area contributed by atoms with Gasteiger partial charge in [0.05, 0.1) is 16.8 Å². The lowest BCUT2D eigenvalue weighted by Gasteiger charge is -2.39. The van der Waals surface area contributed by atoms with E-state index in [1.54, 1.807) is 59.5 Å². The molecule has 1 aromatic heterocycles. The number of ketones is 1. The predicted molar refractivity (Wildman–Crippen MR) is 186 cm³/mol. The molecular weight excluding hydrogens is 629 g/mol. The highest BCUT2D eigenvalue weighted by Crippen LogP contribution is 2.27. The Hall–Kier alpha value is -5.67. The number of nitrogens with one attached hydrogen (secondary N) is 5. The number of nitrogens with zero attached hydrogens (tertiary/aromatic N) is 2. The van der Waals surface area contributed by atoms with Crippen molar-refractivity contribution >= 4 is 64.5 Å². The van der Waals surface area contributed by atoms with Gasteiger partial charge in [-0.3, -0.25) is 14.4 Å². The Morgan fingerprint density at radius 3 is 2.24 bits per heavy atom. The first-order chi connectivity index (χ1) is 23.6. The van der Waals surface area contributed by atoms with Crippen LogP contribution >= 0.6 is 0 Å². The summed E-state index contributed by atoms with van der Waals surface area (Å²) in [5, 5.41) is 29.9. The molecule has 0 spiro atoms. The summed E-state index contributed by atoms with van der Waals surface area (Å²) >= 11 is 0. The van der Waals surface area contributed by atoms with Gasteiger partial charge in [0.25, 0.3) is 17.6 Å². The number of Topliss-reactive ketones (excluding diaryl/α,β-unsaturated/α-hetero) is 1. The highest BCUT2D eigenvalue weighted by atomic mass is 16.4. The molecule has 254 valence electrons. The summed E-state index contributed by atoms with van der Waals surface area (Å²) in [6.07, 6.45) is 2.63. The summed E-state index contributed by atoms with van der Waals surface area (Å²) < 4.78 is 0. The molecule has 3 aromatic carbocycles. The fourth-order valence-corrected chi connectivity index (χ4v) is 5.67. The van der Waals surface area contributed by atoms with E-state index in [0.717, 1.165) is 0 Å². The lowest BCUT2D eigenvalue weighted by Crippen LogP contribution is -2.56. The summed E-state index contributed by atoms with van der Waals surface area (Å²) in [4.78, 5) is 70.6. The Bertz CT molecular complexity index is 1830. The zero-order valence-electron chi connectivity index (χ0n) is 26.9. The average molecular weight is 668 g/mol. The third-order valence-corrected chi connectivity index (χ3v) is 8.22. The minimum absolute atomic E-state index is 0.116. The van der Waals surface area contributed by atoms with Crippen LogP contribution in [0.1, 0.15) is 40.5 Å². The Morgan fingerprint density at radius 2 is 1.55 bits per heavy atom. The summed E-state index contributed by atoms with van der Waals surface area (Å²) in [5.74, 6) is -1.45. The number of amides is 6. The van der Waals surface area contributed by atoms with Crippen molar-refractivity contribution in [1.82, 2.24) is 25.4 Å². The lowest BCUT2D eigenvalue weighted by molar-refractivity contribution is -0.130. The first-order valence-electron chi connectivity index (χ1n) is 16.0. The van der Waals surface area contributed by atoms with Crippen molar-refractivity contribution in [2.24, 2.45) is 0 Å². The van der Waals surface area contributed by atoms with Crippen molar-refractivity contribution in [3.05, 3.63) is 90.1 Å². The normalized spacial score (nSPS) is 14.2. The number of carbonyl (C=O) groups excluding carboxylic acids is 5. The summed E-state index contributed by atoms with van der Waals surface area (Å²) in [7, 11) is -1.63. The molecule has 0 saturated carbocycles. The Labute approximate surface area is 283 Å². The van der Waals surface area contributed by atoms with E-state index in [0.29, 0.717) is 66.9 Å². The molecule has 1 saturated heterocycles. The minimum Gasteiger partial charge on any atom is -0.423 e. The van der Waals surface area contributed by atoms with Crippen molar-refractivity contribution in [3.8, 4) is 0 Å². The summed E-state index contributed by atoms with van der Waals surface area (Å²) in [6.45, 7) is 3.36. The molecule has 4 aromatic rings. The maximum absolute atomic E-state index is 13.4. The standard InChI is InChI=1S/C34H38BN7O7/c1-22-21-41(31(44)23-9-3-2-4-10-23)17-18-42(22)32(45)30(43)27-20-38-29-26(27)13-8-14-28(29)40-34(47)37-16-6-5-15-36-33(46)39-25-12-7-11-24(19-25)35(48)49/h2-4,7-14,19-20,22,38,48-49H,5-6,15-18,21H2,1H3,(H2,36,39,46)(H2,37,40,47)/t22-/m1/s1. The van der Waals surface area contributed by atoms with Crippen LogP contribution in [0.3, 0.4) is 0 Å². The Morgan fingerprint density at radius 1 is 0.857 bits per heavy atom. The minimum atomic E-state index is -1.63. The fourth-order valence-electron chi connectivity index (χ4n) is 5.67. The number of anilines is 2. The summed E-state index contributed by atoms with van der Waals surface area (Å²) in [5.41, 5.74) is 2.36. The van der Waals surface area contributed by atoms with E-state index < -0.39 is 30.9 Å². The van der Waals surface area contributed by atoms with Crippen LogP contribution in [-0.2, 0) is 4.79 Å². The second-order valence-corrected chi connectivity index (χ2v) is 11.7. The number of urea groups is 2. The van der Waals surface area contributed by atoms with E-state index in [9.17, 15) is 34.0 Å². The van der Waals surface area contributed by atoms with Gasteiger partial charge in [0.15, 0.2) is 0 Å². The smallest absolute Gasteiger partial charge is 0.423 e. The highest BCUT2D eigenvalue weighted by Gasteiger charge is 2.34. The van der Waals surface area contributed by atoms with Gasteiger partial charge in [-0.1, -0.05) is 42.5 Å². The topological polar surface area (TPSA) is 196 Å². The van der Waals surface area contributed by atoms with Crippen molar-refractivity contribution in [2.45, 2.75) is 25.8 Å². The molecule has 7 N–H and O–H groups in total. The number of aromatic nitrogens is 1. The fraction of sp³-hybridized carbons (Fsp3) is 0.265. The number of piperazine rings is 1. The van der Waals surface area contributed by atoms with Crippen LogP contribution < -0.4 is 26.7 Å². The van der Waals surface area contributed by atoms with E-state index in [2.05, 4.69) is 26.3 Å². The number of carbonyl (C=O) groups is 5. The number of benzene rings is 3. The predicted octanol–water partition coefficient (Wildman–Crippen LogP) is 2.13. The number of unbranched alkanes of at least 4 members (excludes halogenated alkanes) is 1. The van der Waals surface area contributed by atoms with Gasteiger partial charge in [0.1, 0.15) is 0 Å². The molecule has 5 rings (SSSR count). The van der Waals surface area contributed by atoms with E-state index in [4.69, 9.17) is 0 Å². The van der Waals surface area contributed by atoms with Crippen molar-refractivity contribution in [3.63, 3.8) is 0 Å². The van der Waals surface area contributed by atoms with Crippen molar-refractivity contribution < 1.29 is 34.0 Å². The number of H-pyrrole nitrogens is 1. The van der Waals surface area contributed by atoms with Crippen LogP contribution in [0.2, 0.25) is 0 Å². The second-order valence-electron chi connectivity index (χ2n) is 11.7.